The fourth-order valence-electron chi connectivity index (χ4n) is 3.21. The van der Waals surface area contributed by atoms with Crippen molar-refractivity contribution in [2.75, 3.05) is 44.7 Å². The summed E-state index contributed by atoms with van der Waals surface area (Å²) in [7, 11) is -3.65. The maximum Gasteiger partial charge on any atom is 0.319 e. The number of morpholine rings is 1. The summed E-state index contributed by atoms with van der Waals surface area (Å²) in [4.78, 5) is 12.1. The fourth-order valence-corrected chi connectivity index (χ4v) is 5.06. The zero-order chi connectivity index (χ0) is 20.3. The van der Waals surface area contributed by atoms with Gasteiger partial charge in [-0.3, -0.25) is 0 Å². The molecular formula is C16H21ClF2N4O4S. The Kier molecular flexibility index (Phi) is 6.71. The molecule has 1 aromatic rings. The Balaban J connectivity index is 1.61. The van der Waals surface area contributed by atoms with E-state index in [0.717, 1.165) is 12.1 Å². The van der Waals surface area contributed by atoms with Gasteiger partial charge < -0.3 is 15.4 Å². The summed E-state index contributed by atoms with van der Waals surface area (Å²) in [5.74, 6) is -2.00. The van der Waals surface area contributed by atoms with E-state index in [4.69, 9.17) is 16.3 Å². The predicted octanol–water partition coefficient (Wildman–Crippen LogP) is 1.78. The van der Waals surface area contributed by atoms with Crippen molar-refractivity contribution in [3.8, 4) is 0 Å². The summed E-state index contributed by atoms with van der Waals surface area (Å²) >= 11 is 5.55. The summed E-state index contributed by atoms with van der Waals surface area (Å²) in [6.07, 6.45) is 1.10. The summed E-state index contributed by atoms with van der Waals surface area (Å²) in [6.45, 7) is 1.68. The van der Waals surface area contributed by atoms with Gasteiger partial charge in [-0.05, 0) is 25.0 Å². The number of piperidine rings is 1. The minimum atomic E-state index is -3.65. The van der Waals surface area contributed by atoms with E-state index in [0.29, 0.717) is 32.6 Å². The normalized spacial score (nSPS) is 22.0. The molecule has 0 saturated carbocycles. The van der Waals surface area contributed by atoms with Gasteiger partial charge in [0.05, 0.1) is 13.2 Å². The lowest BCUT2D eigenvalue weighted by atomic mass is 10.1. The lowest BCUT2D eigenvalue weighted by Gasteiger charge is -2.36. The second-order valence-corrected chi connectivity index (χ2v) is 8.92. The molecule has 2 fully saturated rings. The zero-order valence-electron chi connectivity index (χ0n) is 15.0. The summed E-state index contributed by atoms with van der Waals surface area (Å²) in [6, 6.07) is 0.466. The number of halogens is 3. The molecule has 0 spiro atoms. The van der Waals surface area contributed by atoms with Gasteiger partial charge >= 0.3 is 6.03 Å². The SMILES string of the molecule is O=C(Nc1c(F)cc(Cl)cc1F)NC1CCCN(S(=O)(=O)N2CCOCC2)C1. The third kappa shape index (κ3) is 4.90. The van der Waals surface area contributed by atoms with Crippen LogP contribution in [-0.2, 0) is 14.9 Å². The Hall–Kier alpha value is -1.53. The van der Waals surface area contributed by atoms with Crippen molar-refractivity contribution >= 4 is 33.5 Å². The van der Waals surface area contributed by atoms with Crippen molar-refractivity contribution in [3.05, 3.63) is 28.8 Å². The Bertz CT molecular complexity index is 813. The van der Waals surface area contributed by atoms with E-state index < -0.39 is 39.6 Å². The number of carbonyl (C=O) groups is 1. The monoisotopic (exact) mass is 438 g/mol. The highest BCUT2D eigenvalue weighted by Crippen LogP contribution is 2.23. The van der Waals surface area contributed by atoms with E-state index in [1.165, 1.54) is 8.61 Å². The quantitative estimate of drug-likeness (QED) is 0.749. The van der Waals surface area contributed by atoms with Gasteiger partial charge in [-0.1, -0.05) is 11.6 Å². The van der Waals surface area contributed by atoms with Crippen LogP contribution in [0.3, 0.4) is 0 Å². The summed E-state index contributed by atoms with van der Waals surface area (Å²) in [5.41, 5.74) is -0.615. The lowest BCUT2D eigenvalue weighted by Crippen LogP contribution is -2.55. The Morgan fingerprint density at radius 1 is 1.14 bits per heavy atom. The molecule has 0 aliphatic carbocycles. The minimum absolute atomic E-state index is 0.0820. The molecule has 2 aliphatic heterocycles. The van der Waals surface area contributed by atoms with Crippen molar-refractivity contribution in [2.24, 2.45) is 0 Å². The third-order valence-electron chi connectivity index (χ3n) is 4.59. The molecule has 0 aromatic heterocycles. The Labute approximate surface area is 166 Å². The van der Waals surface area contributed by atoms with Gasteiger partial charge in [-0.2, -0.15) is 17.0 Å². The van der Waals surface area contributed by atoms with Crippen LogP contribution in [0.2, 0.25) is 5.02 Å². The van der Waals surface area contributed by atoms with Crippen LogP contribution in [0.1, 0.15) is 12.8 Å². The lowest BCUT2D eigenvalue weighted by molar-refractivity contribution is 0.0694. The van der Waals surface area contributed by atoms with Crippen LogP contribution >= 0.6 is 11.6 Å². The first kappa shape index (κ1) is 21.2. The summed E-state index contributed by atoms with van der Waals surface area (Å²) in [5, 5.41) is 4.56. The highest BCUT2D eigenvalue weighted by Gasteiger charge is 2.35. The molecule has 1 atom stereocenters. The number of amides is 2. The smallest absolute Gasteiger partial charge is 0.319 e. The first-order chi connectivity index (χ1) is 13.3. The van der Waals surface area contributed by atoms with Crippen LogP contribution in [0.4, 0.5) is 19.3 Å². The number of benzene rings is 1. The van der Waals surface area contributed by atoms with Gasteiger partial charge in [-0.15, -0.1) is 0 Å². The number of hydrogen-bond donors (Lipinski definition) is 2. The zero-order valence-corrected chi connectivity index (χ0v) is 16.5. The molecular weight excluding hydrogens is 418 g/mol. The molecule has 2 heterocycles. The molecule has 156 valence electrons. The largest absolute Gasteiger partial charge is 0.379 e. The number of rotatable bonds is 4. The number of carbonyl (C=O) groups excluding carboxylic acids is 1. The van der Waals surface area contributed by atoms with Crippen molar-refractivity contribution in [3.63, 3.8) is 0 Å². The topological polar surface area (TPSA) is 91.0 Å². The van der Waals surface area contributed by atoms with Crippen molar-refractivity contribution in [1.82, 2.24) is 13.9 Å². The van der Waals surface area contributed by atoms with Crippen LogP contribution < -0.4 is 10.6 Å². The maximum absolute atomic E-state index is 13.8. The molecule has 2 N–H and O–H groups in total. The molecule has 3 rings (SSSR count). The van der Waals surface area contributed by atoms with Crippen molar-refractivity contribution in [1.29, 1.82) is 0 Å². The van der Waals surface area contributed by atoms with E-state index in [2.05, 4.69) is 10.6 Å². The van der Waals surface area contributed by atoms with Gasteiger partial charge in [0.2, 0.25) is 0 Å². The molecule has 2 saturated heterocycles. The molecule has 2 aliphatic rings. The molecule has 1 aromatic carbocycles. The first-order valence-electron chi connectivity index (χ1n) is 8.82. The van der Waals surface area contributed by atoms with Crippen LogP contribution in [0.15, 0.2) is 12.1 Å². The van der Waals surface area contributed by atoms with Gasteiger partial charge in [0.15, 0.2) is 11.6 Å². The number of hydrogen-bond acceptors (Lipinski definition) is 4. The number of nitrogens with one attached hydrogen (secondary N) is 2. The molecule has 28 heavy (non-hydrogen) atoms. The van der Waals surface area contributed by atoms with Crippen LogP contribution in [-0.4, -0.2) is 68.5 Å². The predicted molar refractivity (Wildman–Crippen MR) is 99.4 cm³/mol. The minimum Gasteiger partial charge on any atom is -0.379 e. The van der Waals surface area contributed by atoms with E-state index >= 15 is 0 Å². The average molecular weight is 439 g/mol. The number of urea groups is 1. The average Bonchev–Trinajstić information content (AvgIpc) is 2.65. The molecule has 1 unspecified atom stereocenters. The number of anilines is 1. The number of ether oxygens (including phenoxy) is 1. The third-order valence-corrected chi connectivity index (χ3v) is 6.81. The molecule has 8 nitrogen and oxygen atoms in total. The Morgan fingerprint density at radius 2 is 1.79 bits per heavy atom. The first-order valence-corrected chi connectivity index (χ1v) is 10.6. The highest BCUT2D eigenvalue weighted by molar-refractivity contribution is 7.86. The van der Waals surface area contributed by atoms with Crippen LogP contribution in [0.25, 0.3) is 0 Å². The van der Waals surface area contributed by atoms with Gasteiger partial charge in [0, 0.05) is 37.2 Å². The molecule has 2 amide bonds. The van der Waals surface area contributed by atoms with Gasteiger partial charge in [0.1, 0.15) is 5.69 Å². The number of nitrogens with zero attached hydrogens (tertiary/aromatic N) is 2. The van der Waals surface area contributed by atoms with Gasteiger partial charge in [-0.25, -0.2) is 13.6 Å². The van der Waals surface area contributed by atoms with Crippen molar-refractivity contribution in [2.45, 2.75) is 18.9 Å². The fraction of sp³-hybridized carbons (Fsp3) is 0.562. The second kappa shape index (κ2) is 8.87. The Morgan fingerprint density at radius 3 is 2.43 bits per heavy atom. The van der Waals surface area contributed by atoms with E-state index in [1.807, 2.05) is 0 Å². The highest BCUT2D eigenvalue weighted by atomic mass is 35.5. The van der Waals surface area contributed by atoms with Gasteiger partial charge in [0.25, 0.3) is 10.2 Å². The van der Waals surface area contributed by atoms with E-state index in [-0.39, 0.29) is 24.7 Å². The summed E-state index contributed by atoms with van der Waals surface area (Å²) < 4.78 is 60.9. The second-order valence-electron chi connectivity index (χ2n) is 6.56. The molecule has 12 heteroatoms. The van der Waals surface area contributed by atoms with Crippen LogP contribution in [0.5, 0.6) is 0 Å². The maximum atomic E-state index is 13.8. The van der Waals surface area contributed by atoms with E-state index in [9.17, 15) is 22.0 Å². The molecule has 0 radical (unpaired) electrons. The standard InChI is InChI=1S/C16H21ClF2N4O4S/c17-11-8-13(18)15(14(19)9-11)21-16(24)20-12-2-1-3-23(10-12)28(25,26)22-4-6-27-7-5-22/h8-9,12H,1-7,10H2,(H2,20,21,24). The van der Waals surface area contributed by atoms with E-state index in [1.54, 1.807) is 0 Å². The van der Waals surface area contributed by atoms with Crippen LogP contribution in [0, 0.1) is 11.6 Å². The van der Waals surface area contributed by atoms with Crippen molar-refractivity contribution < 1.29 is 26.7 Å². The molecule has 0 bridgehead atoms.